The van der Waals surface area contributed by atoms with Crippen molar-refractivity contribution in [3.63, 3.8) is 0 Å². The first-order valence-electron chi connectivity index (χ1n) is 4.63. The summed E-state index contributed by atoms with van der Waals surface area (Å²) in [5, 5.41) is 17.7. The van der Waals surface area contributed by atoms with Crippen LogP contribution >= 0.6 is 0 Å². The fourth-order valence-electron chi connectivity index (χ4n) is 1.54. The van der Waals surface area contributed by atoms with Crippen molar-refractivity contribution < 1.29 is 9.90 Å². The summed E-state index contributed by atoms with van der Waals surface area (Å²) >= 11 is 0. The number of nitrogens with zero attached hydrogens (tertiary/aromatic N) is 1. The zero-order chi connectivity index (χ0) is 11.5. The van der Waals surface area contributed by atoms with Gasteiger partial charge in [0.1, 0.15) is 0 Å². The Morgan fingerprint density at radius 3 is 2.88 bits per heavy atom. The number of nitrogens with one attached hydrogen (secondary N) is 1. The van der Waals surface area contributed by atoms with Gasteiger partial charge in [-0.25, -0.2) is 4.79 Å². The Hall–Kier alpha value is -2.54. The van der Waals surface area contributed by atoms with E-state index in [4.69, 9.17) is 10.4 Å². The van der Waals surface area contributed by atoms with Crippen LogP contribution in [0.2, 0.25) is 0 Å². The minimum Gasteiger partial charge on any atom is -0.478 e. The number of carboxylic acid groups (broad SMARTS) is 1. The molecule has 1 heterocycles. The van der Waals surface area contributed by atoms with Crippen molar-refractivity contribution in [2.24, 2.45) is 0 Å². The van der Waals surface area contributed by atoms with E-state index >= 15 is 0 Å². The second-order valence-electron chi connectivity index (χ2n) is 3.28. The van der Waals surface area contributed by atoms with Crippen LogP contribution in [0.1, 0.15) is 15.9 Å². The standard InChI is InChI=1S/C12H8N2O2/c13-5-8-2-1-3-9(4-8)10-6-14-7-11(10)12(15)16/h1-4,6-7,14H,(H,15,16). The van der Waals surface area contributed by atoms with E-state index in [0.29, 0.717) is 11.1 Å². The van der Waals surface area contributed by atoms with E-state index in [1.807, 2.05) is 6.07 Å². The van der Waals surface area contributed by atoms with Gasteiger partial charge in [0, 0.05) is 18.0 Å². The molecular formula is C12H8N2O2. The van der Waals surface area contributed by atoms with Gasteiger partial charge in [-0.3, -0.25) is 0 Å². The highest BCUT2D eigenvalue weighted by Crippen LogP contribution is 2.24. The summed E-state index contributed by atoms with van der Waals surface area (Å²) in [5.74, 6) is -0.987. The number of benzene rings is 1. The van der Waals surface area contributed by atoms with Crippen molar-refractivity contribution in [3.8, 4) is 17.2 Å². The lowest BCUT2D eigenvalue weighted by Crippen LogP contribution is -1.95. The second kappa shape index (κ2) is 3.91. The van der Waals surface area contributed by atoms with E-state index < -0.39 is 5.97 Å². The molecule has 2 rings (SSSR count). The minimum atomic E-state index is -0.987. The summed E-state index contributed by atoms with van der Waals surface area (Å²) < 4.78 is 0. The lowest BCUT2D eigenvalue weighted by molar-refractivity contribution is 0.0698. The van der Waals surface area contributed by atoms with Crippen molar-refractivity contribution in [1.29, 1.82) is 5.26 Å². The number of nitriles is 1. The molecule has 0 spiro atoms. The van der Waals surface area contributed by atoms with E-state index in [1.165, 1.54) is 6.20 Å². The molecule has 0 saturated carbocycles. The van der Waals surface area contributed by atoms with Crippen LogP contribution in [0.5, 0.6) is 0 Å². The number of aromatic amines is 1. The maximum absolute atomic E-state index is 10.9. The molecule has 0 saturated heterocycles. The molecule has 78 valence electrons. The molecule has 16 heavy (non-hydrogen) atoms. The monoisotopic (exact) mass is 212 g/mol. The van der Waals surface area contributed by atoms with Gasteiger partial charge in [-0.1, -0.05) is 12.1 Å². The summed E-state index contributed by atoms with van der Waals surface area (Å²) in [6.45, 7) is 0. The van der Waals surface area contributed by atoms with Gasteiger partial charge in [0.05, 0.1) is 17.2 Å². The van der Waals surface area contributed by atoms with Gasteiger partial charge in [0.25, 0.3) is 0 Å². The Balaban J connectivity index is 2.55. The molecule has 4 heteroatoms. The number of aromatic carboxylic acids is 1. The molecular weight excluding hydrogens is 204 g/mol. The Labute approximate surface area is 91.8 Å². The van der Waals surface area contributed by atoms with Gasteiger partial charge >= 0.3 is 5.97 Å². The molecule has 0 aliphatic carbocycles. The molecule has 0 aliphatic rings. The topological polar surface area (TPSA) is 76.9 Å². The number of hydrogen-bond acceptors (Lipinski definition) is 2. The van der Waals surface area contributed by atoms with Gasteiger partial charge in [-0.2, -0.15) is 5.26 Å². The summed E-state index contributed by atoms with van der Waals surface area (Å²) in [6, 6.07) is 8.86. The predicted octanol–water partition coefficient (Wildman–Crippen LogP) is 2.25. The summed E-state index contributed by atoms with van der Waals surface area (Å²) in [6.07, 6.45) is 3.04. The van der Waals surface area contributed by atoms with Gasteiger partial charge < -0.3 is 10.1 Å². The predicted molar refractivity (Wildman–Crippen MR) is 57.9 cm³/mol. The van der Waals surface area contributed by atoms with Crippen LogP contribution in [0.15, 0.2) is 36.7 Å². The molecule has 2 aromatic rings. The first-order valence-corrected chi connectivity index (χ1v) is 4.63. The number of carbonyl (C=O) groups is 1. The fourth-order valence-corrected chi connectivity index (χ4v) is 1.54. The highest BCUT2D eigenvalue weighted by Gasteiger charge is 2.12. The molecule has 0 radical (unpaired) electrons. The SMILES string of the molecule is N#Cc1cccc(-c2c[nH]cc2C(=O)O)c1. The lowest BCUT2D eigenvalue weighted by atomic mass is 10.0. The van der Waals surface area contributed by atoms with Crippen molar-refractivity contribution >= 4 is 5.97 Å². The second-order valence-corrected chi connectivity index (χ2v) is 3.28. The molecule has 4 nitrogen and oxygen atoms in total. The molecule has 0 unspecified atom stereocenters. The molecule has 1 aromatic carbocycles. The summed E-state index contributed by atoms with van der Waals surface area (Å²) in [7, 11) is 0. The number of rotatable bonds is 2. The van der Waals surface area contributed by atoms with E-state index in [1.54, 1.807) is 30.5 Å². The zero-order valence-electron chi connectivity index (χ0n) is 8.27. The maximum Gasteiger partial charge on any atom is 0.337 e. The Morgan fingerprint density at radius 2 is 2.19 bits per heavy atom. The highest BCUT2D eigenvalue weighted by atomic mass is 16.4. The quantitative estimate of drug-likeness (QED) is 0.801. The van der Waals surface area contributed by atoms with Crippen molar-refractivity contribution in [2.45, 2.75) is 0 Å². The van der Waals surface area contributed by atoms with E-state index in [-0.39, 0.29) is 5.56 Å². The first kappa shape index (κ1) is 9.99. The number of H-pyrrole nitrogens is 1. The average Bonchev–Trinajstić information content (AvgIpc) is 2.78. The van der Waals surface area contributed by atoms with E-state index in [0.717, 1.165) is 5.56 Å². The Kier molecular flexibility index (Phi) is 2.44. The molecule has 2 N–H and O–H groups in total. The number of carboxylic acids is 1. The van der Waals surface area contributed by atoms with E-state index in [9.17, 15) is 4.79 Å². The van der Waals surface area contributed by atoms with Crippen LogP contribution in [0, 0.1) is 11.3 Å². The van der Waals surface area contributed by atoms with Gasteiger partial charge in [-0.05, 0) is 17.7 Å². The largest absolute Gasteiger partial charge is 0.478 e. The summed E-state index contributed by atoms with van der Waals surface area (Å²) in [5.41, 5.74) is 2.02. The number of aromatic nitrogens is 1. The average molecular weight is 212 g/mol. The fraction of sp³-hybridized carbons (Fsp3) is 0. The van der Waals surface area contributed by atoms with Gasteiger partial charge in [0.15, 0.2) is 0 Å². The minimum absolute atomic E-state index is 0.204. The van der Waals surface area contributed by atoms with Crippen LogP contribution in [-0.2, 0) is 0 Å². The first-order chi connectivity index (χ1) is 7.72. The van der Waals surface area contributed by atoms with Crippen molar-refractivity contribution in [1.82, 2.24) is 4.98 Å². The van der Waals surface area contributed by atoms with Gasteiger partial charge in [0.2, 0.25) is 0 Å². The van der Waals surface area contributed by atoms with Crippen LogP contribution in [0.25, 0.3) is 11.1 Å². The third-order valence-electron chi connectivity index (χ3n) is 2.28. The van der Waals surface area contributed by atoms with Crippen LogP contribution in [0.3, 0.4) is 0 Å². The normalized spacial score (nSPS) is 9.69. The smallest absolute Gasteiger partial charge is 0.337 e. The molecule has 0 fully saturated rings. The van der Waals surface area contributed by atoms with Gasteiger partial charge in [-0.15, -0.1) is 0 Å². The number of hydrogen-bond donors (Lipinski definition) is 2. The highest BCUT2D eigenvalue weighted by molar-refractivity contribution is 5.95. The molecule has 0 atom stereocenters. The maximum atomic E-state index is 10.9. The summed E-state index contributed by atoms with van der Waals surface area (Å²) in [4.78, 5) is 13.7. The lowest BCUT2D eigenvalue weighted by Gasteiger charge is -2.00. The zero-order valence-corrected chi connectivity index (χ0v) is 8.27. The Bertz CT molecular complexity index is 579. The molecule has 0 aliphatic heterocycles. The van der Waals surface area contributed by atoms with Crippen LogP contribution in [-0.4, -0.2) is 16.1 Å². The van der Waals surface area contributed by atoms with Crippen LogP contribution < -0.4 is 0 Å². The Morgan fingerprint density at radius 1 is 1.38 bits per heavy atom. The van der Waals surface area contributed by atoms with E-state index in [2.05, 4.69) is 4.98 Å². The molecule has 0 amide bonds. The third-order valence-corrected chi connectivity index (χ3v) is 2.28. The molecule has 1 aromatic heterocycles. The van der Waals surface area contributed by atoms with Crippen LogP contribution in [0.4, 0.5) is 0 Å². The van der Waals surface area contributed by atoms with Crippen molar-refractivity contribution in [2.75, 3.05) is 0 Å². The molecule has 0 bridgehead atoms. The van der Waals surface area contributed by atoms with Crippen molar-refractivity contribution in [3.05, 3.63) is 47.8 Å². The third kappa shape index (κ3) is 1.66.